The standard InChI is InChI=1S/C30H37NO5/c1-30(2)20-24(16-19-36-30)27(23-9-13-26(34-4)14-10-23)15-17-31(29(32)28-6-5-18-35-28)21-22-7-11-25(33-3)12-8-22/h5-14,18,24,27H,15-17,19-21H2,1-4H3/t24-,27-/m1/s1. The summed E-state index contributed by atoms with van der Waals surface area (Å²) in [5.41, 5.74) is 2.16. The number of furan rings is 1. The van der Waals surface area contributed by atoms with Gasteiger partial charge < -0.3 is 23.5 Å². The fraction of sp³-hybridized carbons (Fsp3) is 0.433. The summed E-state index contributed by atoms with van der Waals surface area (Å²) in [6.45, 7) is 6.20. The summed E-state index contributed by atoms with van der Waals surface area (Å²) < 4.78 is 22.2. The number of carbonyl (C=O) groups is 1. The molecule has 192 valence electrons. The van der Waals surface area contributed by atoms with Gasteiger partial charge in [0.1, 0.15) is 11.5 Å². The Labute approximate surface area is 214 Å². The van der Waals surface area contributed by atoms with E-state index in [9.17, 15) is 4.79 Å². The topological polar surface area (TPSA) is 61.1 Å². The van der Waals surface area contributed by atoms with Crippen LogP contribution in [-0.2, 0) is 11.3 Å². The lowest BCUT2D eigenvalue weighted by atomic mass is 9.75. The average Bonchev–Trinajstić information content (AvgIpc) is 3.43. The molecule has 4 rings (SSSR count). The summed E-state index contributed by atoms with van der Waals surface area (Å²) in [4.78, 5) is 15.3. The van der Waals surface area contributed by atoms with Crippen LogP contribution in [0.25, 0.3) is 0 Å². The van der Waals surface area contributed by atoms with Crippen molar-refractivity contribution in [3.63, 3.8) is 0 Å². The van der Waals surface area contributed by atoms with Crippen molar-refractivity contribution in [2.75, 3.05) is 27.4 Å². The van der Waals surface area contributed by atoms with Crippen LogP contribution in [0.2, 0.25) is 0 Å². The first-order chi connectivity index (χ1) is 17.4. The highest BCUT2D eigenvalue weighted by Gasteiger charge is 2.34. The Kier molecular flexibility index (Phi) is 8.36. The van der Waals surface area contributed by atoms with E-state index in [2.05, 4.69) is 26.0 Å². The van der Waals surface area contributed by atoms with Crippen molar-refractivity contribution < 1.29 is 23.4 Å². The largest absolute Gasteiger partial charge is 0.497 e. The maximum Gasteiger partial charge on any atom is 0.289 e. The predicted molar refractivity (Wildman–Crippen MR) is 140 cm³/mol. The third kappa shape index (κ3) is 6.49. The van der Waals surface area contributed by atoms with Crippen LogP contribution in [0, 0.1) is 5.92 Å². The normalized spacial score (nSPS) is 17.8. The van der Waals surface area contributed by atoms with Crippen LogP contribution in [-0.4, -0.2) is 43.8 Å². The number of rotatable bonds is 10. The number of carbonyl (C=O) groups excluding carboxylic acids is 1. The molecule has 2 heterocycles. The first-order valence-electron chi connectivity index (χ1n) is 12.6. The summed E-state index contributed by atoms with van der Waals surface area (Å²) in [5.74, 6) is 2.65. The van der Waals surface area contributed by atoms with E-state index in [0.717, 1.165) is 42.9 Å². The number of methoxy groups -OCH3 is 2. The Bertz CT molecular complexity index is 1090. The molecule has 6 nitrogen and oxygen atoms in total. The molecule has 1 saturated heterocycles. The van der Waals surface area contributed by atoms with Gasteiger partial charge in [-0.3, -0.25) is 4.79 Å². The number of amides is 1. The Morgan fingerprint density at radius 2 is 1.69 bits per heavy atom. The molecule has 0 aliphatic carbocycles. The van der Waals surface area contributed by atoms with E-state index in [4.69, 9.17) is 18.6 Å². The molecular formula is C30H37NO5. The molecule has 1 amide bonds. The lowest BCUT2D eigenvalue weighted by Gasteiger charge is -2.40. The number of nitrogens with zero attached hydrogens (tertiary/aromatic N) is 1. The van der Waals surface area contributed by atoms with E-state index in [1.165, 1.54) is 5.56 Å². The SMILES string of the molecule is COc1ccc(CN(CC[C@H](c2ccc(OC)cc2)[C@@H]2CCOC(C)(C)C2)C(=O)c2ccco2)cc1. The Morgan fingerprint density at radius 1 is 1.03 bits per heavy atom. The van der Waals surface area contributed by atoms with E-state index < -0.39 is 0 Å². The molecular weight excluding hydrogens is 454 g/mol. The van der Waals surface area contributed by atoms with Gasteiger partial charge in [0.25, 0.3) is 5.91 Å². The quantitative estimate of drug-likeness (QED) is 0.332. The zero-order chi connectivity index (χ0) is 25.5. The maximum absolute atomic E-state index is 13.4. The molecule has 0 radical (unpaired) electrons. The molecule has 2 aromatic carbocycles. The number of ether oxygens (including phenoxy) is 3. The lowest BCUT2D eigenvalue weighted by Crippen LogP contribution is -2.38. The average molecular weight is 492 g/mol. The summed E-state index contributed by atoms with van der Waals surface area (Å²) in [5, 5.41) is 0. The van der Waals surface area contributed by atoms with Crippen molar-refractivity contribution >= 4 is 5.91 Å². The Hall–Kier alpha value is -3.25. The number of benzene rings is 2. The second-order valence-corrected chi connectivity index (χ2v) is 10.1. The highest BCUT2D eigenvalue weighted by atomic mass is 16.5. The van der Waals surface area contributed by atoms with Gasteiger partial charge in [-0.15, -0.1) is 0 Å². The molecule has 2 atom stereocenters. The fourth-order valence-electron chi connectivity index (χ4n) is 5.20. The molecule has 0 saturated carbocycles. The Morgan fingerprint density at radius 3 is 2.28 bits per heavy atom. The van der Waals surface area contributed by atoms with Gasteiger partial charge in [-0.25, -0.2) is 0 Å². The van der Waals surface area contributed by atoms with Crippen LogP contribution in [0.4, 0.5) is 0 Å². The van der Waals surface area contributed by atoms with Gasteiger partial charge in [0, 0.05) is 19.7 Å². The van der Waals surface area contributed by atoms with Crippen molar-refractivity contribution in [1.82, 2.24) is 4.90 Å². The molecule has 1 fully saturated rings. The molecule has 1 aromatic heterocycles. The fourth-order valence-corrected chi connectivity index (χ4v) is 5.20. The molecule has 3 aromatic rings. The van der Waals surface area contributed by atoms with Crippen LogP contribution in [0.1, 0.15) is 60.7 Å². The zero-order valence-electron chi connectivity index (χ0n) is 21.7. The van der Waals surface area contributed by atoms with Gasteiger partial charge in [0.15, 0.2) is 5.76 Å². The van der Waals surface area contributed by atoms with Crippen molar-refractivity contribution in [1.29, 1.82) is 0 Å². The Balaban J connectivity index is 1.57. The molecule has 0 bridgehead atoms. The first-order valence-corrected chi connectivity index (χ1v) is 12.6. The van der Waals surface area contributed by atoms with Gasteiger partial charge in [0.05, 0.1) is 26.1 Å². The van der Waals surface area contributed by atoms with E-state index in [0.29, 0.717) is 30.7 Å². The van der Waals surface area contributed by atoms with E-state index in [1.807, 2.05) is 41.3 Å². The summed E-state index contributed by atoms with van der Waals surface area (Å²) in [6, 6.07) is 19.7. The van der Waals surface area contributed by atoms with Gasteiger partial charge in [-0.05, 0) is 92.5 Å². The van der Waals surface area contributed by atoms with Gasteiger partial charge in [-0.2, -0.15) is 0 Å². The van der Waals surface area contributed by atoms with Crippen LogP contribution in [0.5, 0.6) is 11.5 Å². The van der Waals surface area contributed by atoms with Crippen LogP contribution >= 0.6 is 0 Å². The van der Waals surface area contributed by atoms with E-state index in [-0.39, 0.29) is 11.5 Å². The molecule has 6 heteroatoms. The smallest absolute Gasteiger partial charge is 0.289 e. The van der Waals surface area contributed by atoms with Crippen LogP contribution in [0.3, 0.4) is 0 Å². The minimum atomic E-state index is -0.152. The molecule has 0 spiro atoms. The predicted octanol–water partition coefficient (Wildman–Crippen LogP) is 6.32. The summed E-state index contributed by atoms with van der Waals surface area (Å²) >= 11 is 0. The minimum absolute atomic E-state index is 0.100. The number of hydrogen-bond acceptors (Lipinski definition) is 5. The van der Waals surface area contributed by atoms with Crippen LogP contribution < -0.4 is 9.47 Å². The third-order valence-electron chi connectivity index (χ3n) is 7.11. The molecule has 0 unspecified atom stereocenters. The molecule has 0 N–H and O–H groups in total. The van der Waals surface area contributed by atoms with Crippen LogP contribution in [0.15, 0.2) is 71.3 Å². The summed E-state index contributed by atoms with van der Waals surface area (Å²) in [6.07, 6.45) is 4.37. The summed E-state index contributed by atoms with van der Waals surface area (Å²) in [7, 11) is 3.34. The molecule has 36 heavy (non-hydrogen) atoms. The number of hydrogen-bond donors (Lipinski definition) is 0. The highest BCUT2D eigenvalue weighted by Crippen LogP contribution is 2.40. The molecule has 1 aliphatic heterocycles. The van der Waals surface area contributed by atoms with Crippen molar-refractivity contribution in [2.24, 2.45) is 5.92 Å². The zero-order valence-corrected chi connectivity index (χ0v) is 21.7. The van der Waals surface area contributed by atoms with Gasteiger partial charge in [-0.1, -0.05) is 24.3 Å². The second kappa shape index (κ2) is 11.7. The first kappa shape index (κ1) is 25.8. The minimum Gasteiger partial charge on any atom is -0.497 e. The second-order valence-electron chi connectivity index (χ2n) is 10.1. The highest BCUT2D eigenvalue weighted by molar-refractivity contribution is 5.91. The van der Waals surface area contributed by atoms with Crippen molar-refractivity contribution in [2.45, 2.75) is 51.2 Å². The van der Waals surface area contributed by atoms with Gasteiger partial charge >= 0.3 is 0 Å². The maximum atomic E-state index is 13.4. The lowest BCUT2D eigenvalue weighted by molar-refractivity contribution is -0.0774. The van der Waals surface area contributed by atoms with E-state index in [1.54, 1.807) is 32.6 Å². The van der Waals surface area contributed by atoms with E-state index >= 15 is 0 Å². The van der Waals surface area contributed by atoms with Crippen molar-refractivity contribution in [3.05, 3.63) is 83.8 Å². The molecule has 1 aliphatic rings. The van der Waals surface area contributed by atoms with Gasteiger partial charge in [0.2, 0.25) is 0 Å². The van der Waals surface area contributed by atoms with Crippen molar-refractivity contribution in [3.8, 4) is 11.5 Å². The monoisotopic (exact) mass is 491 g/mol. The third-order valence-corrected chi connectivity index (χ3v) is 7.11.